The second kappa shape index (κ2) is 5.87. The van der Waals surface area contributed by atoms with E-state index in [1.165, 1.54) is 11.3 Å². The molecule has 1 saturated heterocycles. The molecule has 1 N–H and O–H groups in total. The zero-order valence-corrected chi connectivity index (χ0v) is 12.7. The van der Waals surface area contributed by atoms with Crippen LogP contribution < -0.4 is 10.2 Å². The van der Waals surface area contributed by atoms with Crippen molar-refractivity contribution in [1.82, 2.24) is 5.32 Å². The fourth-order valence-corrected chi connectivity index (χ4v) is 3.09. The first-order valence-electron chi connectivity index (χ1n) is 6.54. The van der Waals surface area contributed by atoms with Gasteiger partial charge in [-0.25, -0.2) is 0 Å². The minimum atomic E-state index is -0.164. The number of hydrogen-bond donors (Lipinski definition) is 1. The lowest BCUT2D eigenvalue weighted by Gasteiger charge is -2.17. The van der Waals surface area contributed by atoms with E-state index in [2.05, 4.69) is 5.32 Å². The van der Waals surface area contributed by atoms with Gasteiger partial charge in [0.15, 0.2) is 0 Å². The number of carbonyl (C=O) groups excluding carboxylic acids is 2. The van der Waals surface area contributed by atoms with Crippen LogP contribution in [0.15, 0.2) is 41.8 Å². The highest BCUT2D eigenvalue weighted by atomic mass is 35.5. The van der Waals surface area contributed by atoms with E-state index in [9.17, 15) is 9.59 Å². The molecular formula is C15H13ClN2O2S. The number of halogens is 1. The molecule has 1 atom stereocenters. The lowest BCUT2D eigenvalue weighted by atomic mass is 10.2. The first-order chi connectivity index (χ1) is 10.1. The fraction of sp³-hybridized carbons (Fsp3) is 0.200. The molecule has 6 heteroatoms. The van der Waals surface area contributed by atoms with Crippen molar-refractivity contribution in [3.63, 3.8) is 0 Å². The van der Waals surface area contributed by atoms with Gasteiger partial charge in [0.25, 0.3) is 5.91 Å². The normalized spacial score (nSPS) is 18.0. The summed E-state index contributed by atoms with van der Waals surface area (Å²) >= 11 is 7.24. The molecule has 0 saturated carbocycles. The van der Waals surface area contributed by atoms with Gasteiger partial charge < -0.3 is 10.2 Å². The third-order valence-corrected chi connectivity index (χ3v) is 4.46. The van der Waals surface area contributed by atoms with E-state index in [0.29, 0.717) is 22.9 Å². The highest BCUT2D eigenvalue weighted by molar-refractivity contribution is 7.12. The number of rotatable bonds is 3. The zero-order valence-electron chi connectivity index (χ0n) is 11.1. The van der Waals surface area contributed by atoms with Crippen LogP contribution in [0.1, 0.15) is 16.1 Å². The van der Waals surface area contributed by atoms with E-state index in [0.717, 1.165) is 5.69 Å². The van der Waals surface area contributed by atoms with Crippen molar-refractivity contribution in [3.8, 4) is 0 Å². The van der Waals surface area contributed by atoms with Gasteiger partial charge >= 0.3 is 0 Å². The Kier molecular flexibility index (Phi) is 3.94. The van der Waals surface area contributed by atoms with Gasteiger partial charge in [0.05, 0.1) is 10.9 Å². The molecule has 1 fully saturated rings. The Morgan fingerprint density at radius 1 is 1.29 bits per heavy atom. The van der Waals surface area contributed by atoms with Crippen LogP contribution in [0.25, 0.3) is 0 Å². The maximum absolute atomic E-state index is 12.1. The molecule has 3 rings (SSSR count). The monoisotopic (exact) mass is 320 g/mol. The number of amides is 2. The Balaban J connectivity index is 1.67. The molecule has 4 nitrogen and oxygen atoms in total. The van der Waals surface area contributed by atoms with Crippen LogP contribution in [0, 0.1) is 0 Å². The molecule has 1 aliphatic heterocycles. The van der Waals surface area contributed by atoms with Crippen molar-refractivity contribution in [1.29, 1.82) is 0 Å². The molecule has 0 aliphatic carbocycles. The van der Waals surface area contributed by atoms with Crippen LogP contribution in [0.2, 0.25) is 5.02 Å². The molecule has 0 spiro atoms. The third kappa shape index (κ3) is 3.09. The van der Waals surface area contributed by atoms with Crippen molar-refractivity contribution in [2.75, 3.05) is 11.4 Å². The Hall–Kier alpha value is -1.85. The molecule has 0 radical (unpaired) electrons. The molecule has 0 bridgehead atoms. The van der Waals surface area contributed by atoms with Gasteiger partial charge in [0, 0.05) is 23.7 Å². The van der Waals surface area contributed by atoms with Crippen molar-refractivity contribution in [2.45, 2.75) is 12.5 Å². The van der Waals surface area contributed by atoms with E-state index in [4.69, 9.17) is 11.6 Å². The average Bonchev–Trinajstić information content (AvgIpc) is 3.10. The van der Waals surface area contributed by atoms with E-state index >= 15 is 0 Å². The van der Waals surface area contributed by atoms with Gasteiger partial charge in [-0.3, -0.25) is 9.59 Å². The van der Waals surface area contributed by atoms with Gasteiger partial charge in [0.1, 0.15) is 0 Å². The summed E-state index contributed by atoms with van der Waals surface area (Å²) in [5.74, 6) is -0.116. The molecule has 2 amide bonds. The van der Waals surface area contributed by atoms with Crippen molar-refractivity contribution in [2.24, 2.45) is 0 Å². The summed E-state index contributed by atoms with van der Waals surface area (Å²) in [6, 6.07) is 10.6. The second-order valence-electron chi connectivity index (χ2n) is 4.83. The number of anilines is 1. The number of hydrogen-bond acceptors (Lipinski definition) is 3. The quantitative estimate of drug-likeness (QED) is 0.945. The predicted octanol–water partition coefficient (Wildman–Crippen LogP) is 2.94. The molecule has 108 valence electrons. The van der Waals surface area contributed by atoms with E-state index in [1.54, 1.807) is 23.1 Å². The molecule has 1 aliphatic rings. The smallest absolute Gasteiger partial charge is 0.261 e. The minimum Gasteiger partial charge on any atom is -0.346 e. The Bertz CT molecular complexity index is 655. The maximum atomic E-state index is 12.1. The maximum Gasteiger partial charge on any atom is 0.261 e. The van der Waals surface area contributed by atoms with Crippen molar-refractivity contribution < 1.29 is 9.59 Å². The summed E-state index contributed by atoms with van der Waals surface area (Å²) in [7, 11) is 0. The number of thiophene rings is 1. The highest BCUT2D eigenvalue weighted by Crippen LogP contribution is 2.23. The third-order valence-electron chi connectivity index (χ3n) is 3.34. The van der Waals surface area contributed by atoms with Crippen LogP contribution in [0.3, 0.4) is 0 Å². The predicted molar refractivity (Wildman–Crippen MR) is 84.0 cm³/mol. The van der Waals surface area contributed by atoms with Gasteiger partial charge in [-0.15, -0.1) is 11.3 Å². The topological polar surface area (TPSA) is 49.4 Å². The van der Waals surface area contributed by atoms with Crippen LogP contribution >= 0.6 is 22.9 Å². The summed E-state index contributed by atoms with van der Waals surface area (Å²) in [5, 5.41) is 5.39. The molecule has 1 aromatic carbocycles. The van der Waals surface area contributed by atoms with Crippen molar-refractivity contribution in [3.05, 3.63) is 51.7 Å². The van der Waals surface area contributed by atoms with Gasteiger partial charge in [-0.1, -0.05) is 17.7 Å². The van der Waals surface area contributed by atoms with E-state index in [-0.39, 0.29) is 17.9 Å². The van der Waals surface area contributed by atoms with Crippen LogP contribution in [-0.2, 0) is 4.79 Å². The fourth-order valence-electron chi connectivity index (χ4n) is 2.34. The average molecular weight is 321 g/mol. The largest absolute Gasteiger partial charge is 0.346 e. The summed E-state index contributed by atoms with van der Waals surface area (Å²) in [5.41, 5.74) is 0.803. The Labute approximate surface area is 131 Å². The zero-order chi connectivity index (χ0) is 14.8. The van der Waals surface area contributed by atoms with Crippen LogP contribution in [0.5, 0.6) is 0 Å². The van der Waals surface area contributed by atoms with Gasteiger partial charge in [-0.05, 0) is 35.7 Å². The SMILES string of the molecule is O=C(NC1CC(=O)N(c2ccc(Cl)cc2)C1)c1cccs1. The first kappa shape index (κ1) is 14.1. The second-order valence-corrected chi connectivity index (χ2v) is 6.22. The molecule has 1 unspecified atom stereocenters. The summed E-state index contributed by atoms with van der Waals surface area (Å²) < 4.78 is 0. The number of nitrogens with zero attached hydrogens (tertiary/aromatic N) is 1. The highest BCUT2D eigenvalue weighted by Gasteiger charge is 2.31. The molecule has 21 heavy (non-hydrogen) atoms. The molecule has 1 aromatic heterocycles. The summed E-state index contributed by atoms with van der Waals surface area (Å²) in [6.07, 6.45) is 0.319. The molecule has 2 heterocycles. The lowest BCUT2D eigenvalue weighted by Crippen LogP contribution is -2.36. The van der Waals surface area contributed by atoms with E-state index < -0.39 is 0 Å². The van der Waals surface area contributed by atoms with E-state index in [1.807, 2.05) is 23.6 Å². The van der Waals surface area contributed by atoms with Crippen LogP contribution in [0.4, 0.5) is 5.69 Å². The Morgan fingerprint density at radius 3 is 2.71 bits per heavy atom. The number of nitrogens with one attached hydrogen (secondary N) is 1. The van der Waals surface area contributed by atoms with Gasteiger partial charge in [-0.2, -0.15) is 0 Å². The summed E-state index contributed by atoms with van der Waals surface area (Å²) in [4.78, 5) is 26.4. The first-order valence-corrected chi connectivity index (χ1v) is 7.79. The summed E-state index contributed by atoms with van der Waals surface area (Å²) in [6.45, 7) is 0.484. The molecule has 2 aromatic rings. The Morgan fingerprint density at radius 2 is 2.05 bits per heavy atom. The lowest BCUT2D eigenvalue weighted by molar-refractivity contribution is -0.117. The van der Waals surface area contributed by atoms with Crippen LogP contribution in [-0.4, -0.2) is 24.4 Å². The van der Waals surface area contributed by atoms with Gasteiger partial charge in [0.2, 0.25) is 5.91 Å². The minimum absolute atomic E-state index is 0.00815. The molecular weight excluding hydrogens is 308 g/mol. The number of benzene rings is 1. The van der Waals surface area contributed by atoms with Crippen molar-refractivity contribution >= 4 is 40.4 Å². The number of carbonyl (C=O) groups is 2. The standard InChI is InChI=1S/C15H13ClN2O2S/c16-10-3-5-12(6-4-10)18-9-11(8-14(18)19)17-15(20)13-2-1-7-21-13/h1-7,11H,8-9H2,(H,17,20).